The first-order valence-corrected chi connectivity index (χ1v) is 18.0. The number of aromatic nitrogens is 4. The fourth-order valence-electron chi connectivity index (χ4n) is 8.06. The second kappa shape index (κ2) is 15.1. The number of H-pyrrole nitrogens is 2. The molecule has 5 heterocycles. The summed E-state index contributed by atoms with van der Waals surface area (Å²) in [7, 11) is 5.24. The number of aryl methyl sites for hydroxylation is 3. The minimum Gasteiger partial charge on any atom is -0.469 e. The first kappa shape index (κ1) is 38.9. The number of methoxy groups -OCH3 is 4. The van der Waals surface area contributed by atoms with Crippen molar-refractivity contribution >= 4 is 62.7 Å². The number of hydrogen-bond donors (Lipinski definition) is 3. The highest BCUT2D eigenvalue weighted by atomic mass is 16.5. The molecule has 0 amide bonds. The highest BCUT2D eigenvalue weighted by Gasteiger charge is 2.53. The molecule has 2 aliphatic heterocycles. The largest absolute Gasteiger partial charge is 0.469 e. The third-order valence-corrected chi connectivity index (χ3v) is 11.1. The summed E-state index contributed by atoms with van der Waals surface area (Å²) < 4.78 is 20.4. The molecule has 13 heteroatoms. The van der Waals surface area contributed by atoms with Gasteiger partial charge in [0.1, 0.15) is 5.92 Å². The highest BCUT2D eigenvalue weighted by Crippen LogP contribution is 2.52. The summed E-state index contributed by atoms with van der Waals surface area (Å²) in [5.74, 6) is -3.13. The Bertz CT molecular complexity index is 2390. The van der Waals surface area contributed by atoms with Crippen LogP contribution in [0.15, 0.2) is 42.0 Å². The van der Waals surface area contributed by atoms with Crippen LogP contribution in [0.25, 0.3) is 38.8 Å². The number of carbonyl (C=O) groups is 4. The number of carbonyl (C=O) groups excluding carboxylic acids is 4. The molecule has 0 radical (unpaired) electrons. The Morgan fingerprint density at radius 3 is 2.02 bits per heavy atom. The lowest BCUT2D eigenvalue weighted by atomic mass is 9.64. The molecule has 3 aromatic rings. The van der Waals surface area contributed by atoms with E-state index in [1.54, 1.807) is 19.1 Å². The van der Waals surface area contributed by atoms with E-state index in [9.17, 15) is 24.3 Å². The molecule has 3 N–H and O–H groups in total. The van der Waals surface area contributed by atoms with Crippen LogP contribution in [-0.2, 0) is 50.0 Å². The summed E-state index contributed by atoms with van der Waals surface area (Å²) in [5.41, 5.74) is 9.42. The number of allylic oxidation sites excluding steroid dienone is 5. The van der Waals surface area contributed by atoms with Crippen molar-refractivity contribution < 1.29 is 43.2 Å². The third kappa shape index (κ3) is 6.77. The van der Waals surface area contributed by atoms with Gasteiger partial charge in [0.2, 0.25) is 0 Å². The maximum atomic E-state index is 13.7. The molecule has 3 atom stereocenters. The van der Waals surface area contributed by atoms with E-state index < -0.39 is 29.4 Å². The van der Waals surface area contributed by atoms with Crippen LogP contribution < -0.4 is 0 Å². The number of fused-ring (bicyclic) bond motifs is 11. The number of aliphatic hydroxyl groups is 1. The number of nitrogens with zero attached hydrogens (tertiary/aromatic N) is 2. The molecule has 3 unspecified atom stereocenters. The maximum absolute atomic E-state index is 13.7. The molecule has 0 fully saturated rings. The second-order valence-electron chi connectivity index (χ2n) is 14.2. The SMILES string of the molecule is COC(=O)CCC1=C(C)c2cc3[nH]c(cc4nc(cc5[nH]c(cc1n2)c(CCC(=O)OC)c5C)C1(C)C4=CC=C(C(=O)OC)C1C(=O)OC)c(C)c3C(C)O. The van der Waals surface area contributed by atoms with Gasteiger partial charge in [-0.15, -0.1) is 0 Å². The van der Waals surface area contributed by atoms with E-state index in [1.165, 1.54) is 28.4 Å². The Morgan fingerprint density at radius 1 is 0.764 bits per heavy atom. The Morgan fingerprint density at radius 2 is 1.38 bits per heavy atom. The van der Waals surface area contributed by atoms with Crippen LogP contribution in [0.1, 0.15) is 91.2 Å². The topological polar surface area (TPSA) is 183 Å². The smallest absolute Gasteiger partial charge is 0.334 e. The summed E-state index contributed by atoms with van der Waals surface area (Å²) in [6.07, 6.45) is 3.47. The van der Waals surface area contributed by atoms with E-state index in [0.29, 0.717) is 68.8 Å². The number of nitrogens with one attached hydrogen (secondary N) is 2. The van der Waals surface area contributed by atoms with Crippen molar-refractivity contribution in [2.24, 2.45) is 5.92 Å². The molecule has 6 rings (SSSR count). The number of esters is 4. The van der Waals surface area contributed by atoms with Crippen molar-refractivity contribution in [1.29, 1.82) is 0 Å². The Labute approximate surface area is 318 Å². The van der Waals surface area contributed by atoms with Crippen molar-refractivity contribution in [2.45, 2.75) is 71.8 Å². The van der Waals surface area contributed by atoms with Gasteiger partial charge in [0.05, 0.1) is 68.3 Å². The van der Waals surface area contributed by atoms with Crippen LogP contribution in [0, 0.1) is 19.8 Å². The first-order valence-electron chi connectivity index (χ1n) is 18.0. The van der Waals surface area contributed by atoms with Gasteiger partial charge in [-0.3, -0.25) is 19.4 Å². The average Bonchev–Trinajstić information content (AvgIpc) is 3.82. The molecule has 0 aromatic carbocycles. The molecule has 55 heavy (non-hydrogen) atoms. The van der Waals surface area contributed by atoms with Gasteiger partial charge in [-0.05, 0) is 105 Å². The Kier molecular flexibility index (Phi) is 10.7. The fraction of sp³-hybridized carbons (Fsp3) is 0.381. The molecule has 0 spiro atoms. The highest BCUT2D eigenvalue weighted by molar-refractivity contribution is 6.02. The van der Waals surface area contributed by atoms with Gasteiger partial charge in [-0.2, -0.15) is 0 Å². The van der Waals surface area contributed by atoms with Crippen molar-refractivity contribution in [2.75, 3.05) is 28.4 Å². The Balaban J connectivity index is 1.77. The molecule has 0 saturated carbocycles. The second-order valence-corrected chi connectivity index (χ2v) is 14.2. The summed E-state index contributed by atoms with van der Waals surface area (Å²) in [6.45, 7) is 9.36. The number of hydrogen-bond acceptors (Lipinski definition) is 11. The predicted octanol–water partition coefficient (Wildman–Crippen LogP) is 6.22. The fourth-order valence-corrected chi connectivity index (χ4v) is 8.06. The summed E-state index contributed by atoms with van der Waals surface area (Å²) in [4.78, 5) is 68.9. The van der Waals surface area contributed by atoms with Gasteiger partial charge < -0.3 is 34.0 Å². The van der Waals surface area contributed by atoms with E-state index in [1.807, 2.05) is 52.0 Å². The molecular formula is C42H46N4O9. The van der Waals surface area contributed by atoms with Crippen molar-refractivity contribution in [1.82, 2.24) is 19.9 Å². The molecule has 288 valence electrons. The standard InChI is InChI=1S/C42H46N4O9/c1-20-24(11-14-36(48)52-6)31-18-32-25(12-15-37(49)53-7)21(2)30(44-32)19-35-42(5)27(13-10-26(40(50)54-8)39(42)41(51)55-9)33(46-35)16-29-22(3)38(23(4)47)34(45-29)17-28(20)43-31/h10,13,16-19,23,39,44-45,47H,11-12,14-15H2,1-9H3. The van der Waals surface area contributed by atoms with Gasteiger partial charge in [-0.1, -0.05) is 12.2 Å². The third-order valence-electron chi connectivity index (χ3n) is 11.1. The van der Waals surface area contributed by atoms with Crippen LogP contribution in [0.4, 0.5) is 0 Å². The Hall–Kier alpha value is -5.82. The van der Waals surface area contributed by atoms with Crippen LogP contribution in [-0.4, -0.2) is 77.4 Å². The van der Waals surface area contributed by atoms with Crippen molar-refractivity contribution in [3.05, 3.63) is 87.0 Å². The number of rotatable bonds is 9. The van der Waals surface area contributed by atoms with Crippen LogP contribution in [0.3, 0.4) is 0 Å². The minimum absolute atomic E-state index is 0.115. The van der Waals surface area contributed by atoms with Gasteiger partial charge >= 0.3 is 23.9 Å². The summed E-state index contributed by atoms with van der Waals surface area (Å²) in [6, 6.07) is 7.54. The molecule has 3 aliphatic rings. The quantitative estimate of drug-likeness (QED) is 0.167. The monoisotopic (exact) mass is 750 g/mol. The number of ether oxygens (including phenoxy) is 4. The number of aliphatic hydroxyl groups excluding tert-OH is 1. The zero-order valence-corrected chi connectivity index (χ0v) is 32.6. The zero-order valence-electron chi connectivity index (χ0n) is 32.6. The number of aromatic amines is 2. The molecule has 13 nitrogen and oxygen atoms in total. The average molecular weight is 751 g/mol. The van der Waals surface area contributed by atoms with E-state index >= 15 is 0 Å². The van der Waals surface area contributed by atoms with Crippen LogP contribution >= 0.6 is 0 Å². The van der Waals surface area contributed by atoms with Gasteiger partial charge in [0.15, 0.2) is 0 Å². The minimum atomic E-state index is -1.19. The predicted molar refractivity (Wildman–Crippen MR) is 206 cm³/mol. The molecule has 0 saturated heterocycles. The van der Waals surface area contributed by atoms with E-state index in [-0.39, 0.29) is 30.4 Å². The van der Waals surface area contributed by atoms with Crippen molar-refractivity contribution in [3.8, 4) is 0 Å². The lowest BCUT2D eigenvalue weighted by Gasteiger charge is -2.36. The molecular weight excluding hydrogens is 704 g/mol. The lowest BCUT2D eigenvalue weighted by Crippen LogP contribution is -2.42. The molecule has 8 bridgehead atoms. The first-order chi connectivity index (χ1) is 26.2. The normalized spacial score (nSPS) is 18.2. The lowest BCUT2D eigenvalue weighted by molar-refractivity contribution is -0.149. The maximum Gasteiger partial charge on any atom is 0.334 e. The zero-order chi connectivity index (χ0) is 39.9. The summed E-state index contributed by atoms with van der Waals surface area (Å²) >= 11 is 0. The van der Waals surface area contributed by atoms with Gasteiger partial charge in [-0.25, -0.2) is 9.78 Å². The van der Waals surface area contributed by atoms with Crippen molar-refractivity contribution in [3.63, 3.8) is 0 Å². The van der Waals surface area contributed by atoms with Gasteiger partial charge in [0, 0.05) is 40.5 Å². The van der Waals surface area contributed by atoms with Crippen LogP contribution in [0.2, 0.25) is 0 Å². The molecule has 3 aromatic heterocycles. The van der Waals surface area contributed by atoms with E-state index in [0.717, 1.165) is 27.8 Å². The summed E-state index contributed by atoms with van der Waals surface area (Å²) in [5, 5.41) is 11.1. The molecule has 1 aliphatic carbocycles. The van der Waals surface area contributed by atoms with Crippen LogP contribution in [0.5, 0.6) is 0 Å². The van der Waals surface area contributed by atoms with E-state index in [4.69, 9.17) is 28.9 Å². The van der Waals surface area contributed by atoms with Gasteiger partial charge in [0.25, 0.3) is 0 Å². The van der Waals surface area contributed by atoms with E-state index in [2.05, 4.69) is 9.97 Å².